The first kappa shape index (κ1) is 36.3. The minimum absolute atomic E-state index is 0.0185. The number of carboxylic acid groups (broad SMARTS) is 1. The summed E-state index contributed by atoms with van der Waals surface area (Å²) in [5.74, 6) is -5.06. The molecule has 3 aromatic rings. The fourth-order valence-electron chi connectivity index (χ4n) is 4.74. The third kappa shape index (κ3) is 8.29. The number of nitrogen functional groups attached to an aromatic ring is 1. The summed E-state index contributed by atoms with van der Waals surface area (Å²) in [5.41, 5.74) is 16.1. The Morgan fingerprint density at radius 3 is 2.58 bits per heavy atom. The van der Waals surface area contributed by atoms with Crippen LogP contribution in [0.1, 0.15) is 26.0 Å². The number of nitrogens with zero attached hydrogens (tertiary/aromatic N) is 5. The van der Waals surface area contributed by atoms with Crippen molar-refractivity contribution in [1.82, 2.24) is 14.7 Å². The maximum Gasteiger partial charge on any atom is 0.418 e. The number of benzene rings is 1. The molecule has 48 heavy (non-hydrogen) atoms. The van der Waals surface area contributed by atoms with Crippen LogP contribution in [0.15, 0.2) is 41.1 Å². The molecule has 1 aromatic carbocycles. The highest BCUT2D eigenvalue weighted by atomic mass is 32.3. The molecule has 0 saturated carbocycles. The first-order valence-corrected chi connectivity index (χ1v) is 16.3. The molecule has 1 fully saturated rings. The maximum absolute atomic E-state index is 15.1. The van der Waals surface area contributed by atoms with E-state index in [4.69, 9.17) is 31.3 Å². The third-order valence-corrected chi connectivity index (χ3v) is 8.42. The normalized spacial score (nSPS) is 17.5. The first-order chi connectivity index (χ1) is 22.4. The van der Waals surface area contributed by atoms with E-state index in [-0.39, 0.29) is 34.7 Å². The molecule has 0 bridgehead atoms. The molecule has 0 radical (unpaired) electrons. The fraction of sp³-hybridized carbons (Fsp3) is 0.407. The van der Waals surface area contributed by atoms with Gasteiger partial charge in [-0.3, -0.25) is 14.1 Å². The number of ketones is 1. The van der Waals surface area contributed by atoms with Crippen molar-refractivity contribution < 1.29 is 55.4 Å². The van der Waals surface area contributed by atoms with E-state index in [1.807, 2.05) is 0 Å². The average molecular weight is 714 g/mol. The summed E-state index contributed by atoms with van der Waals surface area (Å²) in [4.78, 5) is 47.0. The van der Waals surface area contributed by atoms with Gasteiger partial charge in [0, 0.05) is 36.0 Å². The van der Waals surface area contributed by atoms with Gasteiger partial charge in [-0.2, -0.15) is 18.2 Å². The number of hydrogen-bond acceptors (Lipinski definition) is 14. The molecule has 0 aliphatic carbocycles. The van der Waals surface area contributed by atoms with E-state index in [2.05, 4.69) is 14.4 Å². The van der Waals surface area contributed by atoms with Crippen LogP contribution in [0.2, 0.25) is 0 Å². The van der Waals surface area contributed by atoms with Gasteiger partial charge < -0.3 is 31.9 Å². The standard InChI is InChI=1S/C27H33FN8O10S2/c1-27(2)18(24(38)36(27)46-48(41,42)43)7-21(37)23(20-13-47-26(31)32-20)33-45-22(25(39)40)12-44-16-4-5-17(19(28)6-16)14-9-34(3)35(10-14)11-15(30)8-29/h4-6,9-10,13,15,18,22H,7-8,11-12,29-30H2,1-3H3,(H3-,31,32,39,40,41,42,43)/p+1/b33-23-/t15?,18-,22+/m1/s1. The van der Waals surface area contributed by atoms with Crippen LogP contribution in [0.3, 0.4) is 0 Å². The van der Waals surface area contributed by atoms with Gasteiger partial charge in [0.15, 0.2) is 23.7 Å². The highest BCUT2D eigenvalue weighted by molar-refractivity contribution is 7.80. The maximum atomic E-state index is 15.1. The number of carbonyl (C=O) groups is 3. The van der Waals surface area contributed by atoms with Crippen LogP contribution >= 0.6 is 11.3 Å². The van der Waals surface area contributed by atoms with Gasteiger partial charge in [-0.25, -0.2) is 14.2 Å². The van der Waals surface area contributed by atoms with Crippen LogP contribution in [-0.4, -0.2) is 87.0 Å². The number of oxime groups is 1. The summed E-state index contributed by atoms with van der Waals surface area (Å²) < 4.78 is 59.6. The number of Topliss-reactive ketones (excluding diaryl/α,β-unsaturated/α-hetero) is 1. The molecule has 0 spiro atoms. The summed E-state index contributed by atoms with van der Waals surface area (Å²) in [6.07, 6.45) is 1.08. The Balaban J connectivity index is 1.47. The third-order valence-electron chi connectivity index (χ3n) is 7.40. The second kappa shape index (κ2) is 14.3. The van der Waals surface area contributed by atoms with Crippen LogP contribution in [0.4, 0.5) is 9.52 Å². The Hall–Kier alpha value is -4.54. The van der Waals surface area contributed by atoms with Gasteiger partial charge in [0.2, 0.25) is 6.20 Å². The second-order valence-electron chi connectivity index (χ2n) is 11.3. The Morgan fingerprint density at radius 2 is 2.02 bits per heavy atom. The molecule has 1 amide bonds. The Kier molecular flexibility index (Phi) is 10.8. The van der Waals surface area contributed by atoms with Crippen molar-refractivity contribution >= 4 is 50.2 Å². The van der Waals surface area contributed by atoms with E-state index in [9.17, 15) is 27.9 Å². The van der Waals surface area contributed by atoms with E-state index >= 15 is 4.39 Å². The Bertz CT molecular complexity index is 1840. The molecule has 1 unspecified atom stereocenters. The zero-order chi connectivity index (χ0) is 35.6. The number of carbonyl (C=O) groups excluding carboxylic acids is 2. The fourth-order valence-corrected chi connectivity index (χ4v) is 5.74. The number of aliphatic carboxylic acids is 1. The van der Waals surface area contributed by atoms with Crippen molar-refractivity contribution in [2.45, 2.75) is 44.5 Å². The molecule has 8 N–H and O–H groups in total. The molecule has 1 aliphatic heterocycles. The summed E-state index contributed by atoms with van der Waals surface area (Å²) in [5, 5.41) is 15.3. The minimum Gasteiger partial charge on any atom is -0.489 e. The van der Waals surface area contributed by atoms with Crippen LogP contribution in [0.5, 0.6) is 5.75 Å². The molecule has 1 saturated heterocycles. The highest BCUT2D eigenvalue weighted by Gasteiger charge is 2.57. The lowest BCUT2D eigenvalue weighted by molar-refractivity contribution is -0.753. The number of amides is 1. The number of nitrogens with two attached hydrogens (primary N) is 3. The largest absolute Gasteiger partial charge is 0.489 e. The van der Waals surface area contributed by atoms with Crippen molar-refractivity contribution in [2.75, 3.05) is 18.9 Å². The van der Waals surface area contributed by atoms with Gasteiger partial charge in [0.05, 0.1) is 29.8 Å². The van der Waals surface area contributed by atoms with E-state index in [1.54, 1.807) is 28.8 Å². The predicted octanol–water partition coefficient (Wildman–Crippen LogP) is -0.373. The zero-order valence-electron chi connectivity index (χ0n) is 25.8. The van der Waals surface area contributed by atoms with E-state index in [0.717, 1.165) is 17.4 Å². The average Bonchev–Trinajstić information content (AvgIpc) is 3.59. The predicted molar refractivity (Wildman–Crippen MR) is 166 cm³/mol. The zero-order valence-corrected chi connectivity index (χ0v) is 27.5. The van der Waals surface area contributed by atoms with Gasteiger partial charge in [-0.1, -0.05) is 5.16 Å². The lowest BCUT2D eigenvalue weighted by Crippen LogP contribution is -2.68. The monoisotopic (exact) mass is 713 g/mol. The summed E-state index contributed by atoms with van der Waals surface area (Å²) in [6.45, 7) is 2.83. The molecular formula is C27H34FN8O10S2+. The van der Waals surface area contributed by atoms with Gasteiger partial charge in [0.25, 0.3) is 12.0 Å². The number of aryl methyl sites for hydroxylation is 1. The number of rotatable bonds is 16. The highest BCUT2D eigenvalue weighted by Crippen LogP contribution is 2.40. The van der Waals surface area contributed by atoms with E-state index in [1.165, 1.54) is 31.4 Å². The van der Waals surface area contributed by atoms with Crippen LogP contribution < -0.4 is 26.6 Å². The van der Waals surface area contributed by atoms with Crippen molar-refractivity contribution in [3.05, 3.63) is 47.5 Å². The van der Waals surface area contributed by atoms with Crippen molar-refractivity contribution in [3.63, 3.8) is 0 Å². The van der Waals surface area contributed by atoms with Crippen molar-refractivity contribution in [2.24, 2.45) is 29.6 Å². The van der Waals surface area contributed by atoms with E-state index < -0.39 is 70.2 Å². The number of anilines is 1. The van der Waals surface area contributed by atoms with Gasteiger partial charge >= 0.3 is 16.4 Å². The molecule has 21 heteroatoms. The minimum atomic E-state index is -5.01. The molecule has 3 atom stereocenters. The smallest absolute Gasteiger partial charge is 0.418 e. The number of β-lactam (4-membered cyclic amide) rings is 1. The Morgan fingerprint density at radius 1 is 1.31 bits per heavy atom. The SMILES string of the molecule is C[n+]1cc(-c2ccc(OC[C@H](O/N=C(\C(=O)C[C@@H]3C(=O)N(OS(=O)(=O)O)C3(C)C)c3csc(N)n3)C(=O)O)cc2F)cn1CC(N)CN. The van der Waals surface area contributed by atoms with Crippen LogP contribution in [-0.2, 0) is 47.5 Å². The molecule has 18 nitrogen and oxygen atoms in total. The molecule has 260 valence electrons. The first-order valence-electron chi connectivity index (χ1n) is 14.1. The van der Waals surface area contributed by atoms with Crippen molar-refractivity contribution in [1.29, 1.82) is 0 Å². The molecule has 1 aliphatic rings. The van der Waals surface area contributed by atoms with Crippen molar-refractivity contribution in [3.8, 4) is 16.9 Å². The van der Waals surface area contributed by atoms with Crippen LogP contribution in [0.25, 0.3) is 11.1 Å². The lowest BCUT2D eigenvalue weighted by Gasteiger charge is -2.50. The van der Waals surface area contributed by atoms with Gasteiger partial charge in [-0.15, -0.1) is 20.3 Å². The molecule has 4 rings (SSSR count). The summed E-state index contributed by atoms with van der Waals surface area (Å²) in [7, 11) is -3.25. The second-order valence-corrected chi connectivity index (χ2v) is 13.2. The quantitative estimate of drug-likeness (QED) is 0.0417. The number of ether oxygens (including phenoxy) is 1. The number of aromatic nitrogens is 3. The summed E-state index contributed by atoms with van der Waals surface area (Å²) in [6, 6.07) is 3.67. The number of thiazole rings is 1. The number of hydroxylamine groups is 2. The number of hydrogen-bond donors (Lipinski definition) is 5. The van der Waals surface area contributed by atoms with Gasteiger partial charge in [-0.05, 0) is 26.0 Å². The van der Waals surface area contributed by atoms with Gasteiger partial charge in [0.1, 0.15) is 23.9 Å². The Labute approximate surface area is 277 Å². The molecule has 3 heterocycles. The lowest BCUT2D eigenvalue weighted by atomic mass is 9.74. The number of halogens is 1. The summed E-state index contributed by atoms with van der Waals surface area (Å²) >= 11 is 0.949. The van der Waals surface area contributed by atoms with Crippen LogP contribution in [0, 0.1) is 11.7 Å². The number of carboxylic acids is 1. The van der Waals surface area contributed by atoms with E-state index in [0.29, 0.717) is 17.2 Å². The molecule has 2 aromatic heterocycles. The molecular weight excluding hydrogens is 679 g/mol. The topological polar surface area (TPSA) is 269 Å².